The van der Waals surface area contributed by atoms with Crippen molar-refractivity contribution < 1.29 is 95.0 Å². The smallest absolute Gasteiger partial charge is 0.716 e. The molecule has 1 rings (SSSR count). The molecular formula is C9H8Na2O7S. The maximum Gasteiger partial charge on any atom is 1.00 e. The van der Waals surface area contributed by atoms with Crippen LogP contribution in [-0.4, -0.2) is 26.0 Å². The number of carboxylic acids is 1. The molecule has 7 nitrogen and oxygen atoms in total. The van der Waals surface area contributed by atoms with Crippen LogP contribution in [0.2, 0.25) is 0 Å². The van der Waals surface area contributed by atoms with Crippen LogP contribution in [0.3, 0.4) is 0 Å². The molecule has 1 aromatic carbocycles. The topological polar surface area (TPSA) is 116 Å². The van der Waals surface area contributed by atoms with E-state index in [0.29, 0.717) is 0 Å². The van der Waals surface area contributed by atoms with Crippen molar-refractivity contribution >= 4 is 16.4 Å². The zero-order valence-corrected chi connectivity index (χ0v) is 15.0. The Balaban J connectivity index is 0. The molecule has 10 heteroatoms. The van der Waals surface area contributed by atoms with E-state index in [9.17, 15) is 22.9 Å². The molecule has 0 aliphatic heterocycles. The molecule has 0 aliphatic rings. The number of methoxy groups -OCH3 is 1. The number of rotatable bonds is 5. The van der Waals surface area contributed by atoms with E-state index >= 15 is 0 Å². The van der Waals surface area contributed by atoms with Gasteiger partial charge >= 0.3 is 59.1 Å². The van der Waals surface area contributed by atoms with E-state index < -0.39 is 41.3 Å². The van der Waals surface area contributed by atoms with E-state index in [1.54, 1.807) is 0 Å². The molecule has 0 atom stereocenters. The van der Waals surface area contributed by atoms with Crippen molar-refractivity contribution in [3.63, 3.8) is 0 Å². The second-order valence-corrected chi connectivity index (χ2v) is 3.91. The van der Waals surface area contributed by atoms with Crippen molar-refractivity contribution in [2.75, 3.05) is 7.04 Å². The average Bonchev–Trinajstić information content (AvgIpc) is 2.16. The average molecular weight is 309 g/mol. The summed E-state index contributed by atoms with van der Waals surface area (Å²) in [7, 11) is -8.07. The molecule has 0 saturated carbocycles. The number of carbonyl (C=O) groups is 1. The van der Waals surface area contributed by atoms with Crippen molar-refractivity contribution in [1.29, 1.82) is 0 Å². The molecule has 0 bridgehead atoms. The zero-order valence-electron chi connectivity index (χ0n) is 13.2. The van der Waals surface area contributed by atoms with Gasteiger partial charge in [0.05, 0.1) is 11.2 Å². The Labute approximate surface area is 159 Å². The molecular weight excluding hydrogens is 298 g/mol. The summed E-state index contributed by atoms with van der Waals surface area (Å²) in [6.45, 7) is 0. The van der Waals surface area contributed by atoms with Gasteiger partial charge in [0, 0.05) is 12.4 Å². The number of carboxylic acid groups (broad SMARTS) is 1. The summed E-state index contributed by atoms with van der Waals surface area (Å²) < 4.78 is 60.7. The van der Waals surface area contributed by atoms with Gasteiger partial charge in [0.15, 0.2) is 11.5 Å². The first kappa shape index (κ1) is 15.6. The van der Waals surface area contributed by atoms with Crippen LogP contribution in [0.4, 0.5) is 0 Å². The number of hydrogen-bond donors (Lipinski definition) is 0. The van der Waals surface area contributed by atoms with E-state index in [1.807, 2.05) is 0 Å². The van der Waals surface area contributed by atoms with Crippen LogP contribution in [0.25, 0.3) is 0 Å². The van der Waals surface area contributed by atoms with Gasteiger partial charge in [-0.1, -0.05) is 6.07 Å². The maximum atomic E-state index is 10.5. The minimum atomic E-state index is -5.13. The van der Waals surface area contributed by atoms with E-state index in [4.69, 9.17) is 4.11 Å². The molecule has 0 amide bonds. The molecule has 1 aromatic rings. The van der Waals surface area contributed by atoms with E-state index in [2.05, 4.69) is 8.92 Å². The number of ether oxygens (including phenoxy) is 1. The Morgan fingerprint density at radius 3 is 2.47 bits per heavy atom. The first-order chi connectivity index (χ1) is 8.96. The molecule has 0 saturated heterocycles. The van der Waals surface area contributed by atoms with Gasteiger partial charge in [-0.25, -0.2) is 8.42 Å². The van der Waals surface area contributed by atoms with Gasteiger partial charge in [0.2, 0.25) is 0 Å². The van der Waals surface area contributed by atoms with Crippen LogP contribution >= 0.6 is 0 Å². The summed E-state index contributed by atoms with van der Waals surface area (Å²) in [5.41, 5.74) is 0.0832. The zero-order chi connectivity index (χ0) is 15.6. The summed E-state index contributed by atoms with van der Waals surface area (Å²) in [6.07, 6.45) is -0.554. The molecule has 0 fully saturated rings. The first-order valence-corrected chi connectivity index (χ1v) is 5.47. The molecule has 94 valence electrons. The molecule has 0 heterocycles. The van der Waals surface area contributed by atoms with Gasteiger partial charge < -0.3 is 23.4 Å². The van der Waals surface area contributed by atoms with E-state index in [1.165, 1.54) is 0 Å². The fourth-order valence-corrected chi connectivity index (χ4v) is 1.45. The second kappa shape index (κ2) is 9.19. The van der Waals surface area contributed by atoms with Crippen LogP contribution in [0.1, 0.15) is 9.68 Å². The van der Waals surface area contributed by atoms with Gasteiger partial charge in [0.25, 0.3) is 10.4 Å². The molecule has 0 spiro atoms. The molecule has 0 unspecified atom stereocenters. The minimum absolute atomic E-state index is 0. The predicted molar refractivity (Wildman–Crippen MR) is 52.0 cm³/mol. The fraction of sp³-hybridized carbons (Fsp3) is 0.222. The first-order valence-electron chi connectivity index (χ1n) is 5.63. The van der Waals surface area contributed by atoms with Gasteiger partial charge in [0.1, 0.15) is 0 Å². The normalized spacial score (nSPS) is 12.8. The Morgan fingerprint density at radius 2 is 2.00 bits per heavy atom. The fourth-order valence-electron chi connectivity index (χ4n) is 1.09. The molecule has 19 heavy (non-hydrogen) atoms. The van der Waals surface area contributed by atoms with Crippen molar-refractivity contribution in [2.24, 2.45) is 0 Å². The van der Waals surface area contributed by atoms with Crippen molar-refractivity contribution in [3.8, 4) is 11.5 Å². The summed E-state index contributed by atoms with van der Waals surface area (Å²) in [5.74, 6) is -2.68. The minimum Gasteiger partial charge on any atom is -0.716 e. The van der Waals surface area contributed by atoms with Gasteiger partial charge in [-0.15, -0.1) is 0 Å². The maximum absolute atomic E-state index is 10.5. The molecule has 0 radical (unpaired) electrons. The Hall–Kier alpha value is 0.200. The number of aliphatic carboxylic acids is 1. The molecule has 0 aliphatic carbocycles. The Bertz CT molecular complexity index is 618. The molecule has 0 aromatic heterocycles. The summed E-state index contributed by atoms with van der Waals surface area (Å²) in [5, 5.41) is 10.4. The van der Waals surface area contributed by atoms with Crippen LogP contribution in [0.15, 0.2) is 18.2 Å². The standard InChI is InChI=1S/C9H10O7S.2Na/c1-15-8-4-6(5-9(10)11)2-3-7(8)16-17(12,13)14;;/h2-4H,5H2,1H3,(H,10,11)(H,12,13,14);;/q;2*+1/p-2/i1D3;;. The largest absolute Gasteiger partial charge is 1.00 e. The van der Waals surface area contributed by atoms with Crippen LogP contribution in [0, 0.1) is 0 Å². The SMILES string of the molecule is [2H]C([2H])([2H])Oc1cc(CC(=O)[O-])ccc1OS(=O)(=O)[O-].[Na+].[Na+]. The van der Waals surface area contributed by atoms with Gasteiger partial charge in [-0.05, 0) is 17.7 Å². The van der Waals surface area contributed by atoms with Crippen molar-refractivity contribution in [3.05, 3.63) is 23.8 Å². The predicted octanol–water partition coefficient (Wildman–Crippen LogP) is -7.17. The van der Waals surface area contributed by atoms with E-state index in [-0.39, 0.29) is 64.7 Å². The van der Waals surface area contributed by atoms with Gasteiger partial charge in [-0.2, -0.15) is 0 Å². The van der Waals surface area contributed by atoms with Crippen LogP contribution < -0.4 is 73.1 Å². The number of hydrogen-bond acceptors (Lipinski definition) is 7. The summed E-state index contributed by atoms with van der Waals surface area (Å²) >= 11 is 0. The Kier molecular flexibility index (Phi) is 7.54. The molecule has 0 N–H and O–H groups in total. The van der Waals surface area contributed by atoms with Gasteiger partial charge in [-0.3, -0.25) is 0 Å². The number of benzene rings is 1. The monoisotopic (exact) mass is 309 g/mol. The third-order valence-corrected chi connectivity index (χ3v) is 2.04. The van der Waals surface area contributed by atoms with Crippen molar-refractivity contribution in [1.82, 2.24) is 0 Å². The number of carbonyl (C=O) groups excluding carboxylic acids is 1. The van der Waals surface area contributed by atoms with E-state index in [0.717, 1.165) is 18.2 Å². The van der Waals surface area contributed by atoms with Crippen LogP contribution in [0.5, 0.6) is 11.5 Å². The quantitative estimate of drug-likeness (QED) is 0.301. The summed E-state index contributed by atoms with van der Waals surface area (Å²) in [6, 6.07) is 2.97. The second-order valence-electron chi connectivity index (χ2n) is 2.92. The third-order valence-electron chi connectivity index (χ3n) is 1.66. The third kappa shape index (κ3) is 8.16. The van der Waals surface area contributed by atoms with Crippen LogP contribution in [-0.2, 0) is 21.6 Å². The van der Waals surface area contributed by atoms with Crippen molar-refractivity contribution in [2.45, 2.75) is 6.42 Å². The summed E-state index contributed by atoms with van der Waals surface area (Å²) in [4.78, 5) is 10.4. The Morgan fingerprint density at radius 1 is 1.37 bits per heavy atom.